The standard InChI is InChI=1S/C19H22BrNO2/c20-18-7-4-12-21-19(18)14-23-17-10-8-16(9-11-17)22-13-15-5-2-1-3-6-15/h1-7,12,16-17H,8-11,13-14H2. The first-order valence-electron chi connectivity index (χ1n) is 8.18. The molecule has 2 aromatic rings. The van der Waals surface area contributed by atoms with Crippen molar-refractivity contribution in [3.8, 4) is 0 Å². The van der Waals surface area contributed by atoms with Gasteiger partial charge in [0.2, 0.25) is 0 Å². The van der Waals surface area contributed by atoms with E-state index in [1.165, 1.54) is 5.56 Å². The summed E-state index contributed by atoms with van der Waals surface area (Å²) in [5.74, 6) is 0. The lowest BCUT2D eigenvalue weighted by Crippen LogP contribution is -2.26. The molecule has 1 aromatic carbocycles. The van der Waals surface area contributed by atoms with Crippen LogP contribution in [0.15, 0.2) is 53.1 Å². The Morgan fingerprint density at radius 1 is 0.870 bits per heavy atom. The smallest absolute Gasteiger partial charge is 0.0903 e. The molecule has 1 heterocycles. The van der Waals surface area contributed by atoms with Crippen LogP contribution in [0.4, 0.5) is 0 Å². The molecule has 23 heavy (non-hydrogen) atoms. The summed E-state index contributed by atoms with van der Waals surface area (Å²) in [6.07, 6.45) is 6.74. The lowest BCUT2D eigenvalue weighted by Gasteiger charge is -2.28. The average Bonchev–Trinajstić information content (AvgIpc) is 2.61. The maximum absolute atomic E-state index is 6.02. The van der Waals surface area contributed by atoms with Gasteiger partial charge in [-0.15, -0.1) is 0 Å². The molecule has 1 aromatic heterocycles. The quantitative estimate of drug-likeness (QED) is 0.720. The van der Waals surface area contributed by atoms with Crippen molar-refractivity contribution in [3.63, 3.8) is 0 Å². The van der Waals surface area contributed by atoms with Crippen molar-refractivity contribution in [2.75, 3.05) is 0 Å². The number of benzene rings is 1. The van der Waals surface area contributed by atoms with E-state index < -0.39 is 0 Å². The number of hydrogen-bond donors (Lipinski definition) is 0. The van der Waals surface area contributed by atoms with Crippen LogP contribution in [0.1, 0.15) is 36.9 Å². The van der Waals surface area contributed by atoms with Crippen LogP contribution < -0.4 is 0 Å². The first-order valence-corrected chi connectivity index (χ1v) is 8.97. The molecule has 0 bridgehead atoms. The average molecular weight is 376 g/mol. The fourth-order valence-electron chi connectivity index (χ4n) is 2.88. The Morgan fingerprint density at radius 3 is 2.17 bits per heavy atom. The highest BCUT2D eigenvalue weighted by Gasteiger charge is 2.22. The molecule has 1 aliphatic rings. The van der Waals surface area contributed by atoms with E-state index in [2.05, 4.69) is 45.2 Å². The second kappa shape index (κ2) is 8.57. The van der Waals surface area contributed by atoms with Crippen molar-refractivity contribution in [1.29, 1.82) is 0 Å². The van der Waals surface area contributed by atoms with Gasteiger partial charge in [0.15, 0.2) is 0 Å². The zero-order valence-electron chi connectivity index (χ0n) is 13.2. The fourth-order valence-corrected chi connectivity index (χ4v) is 3.24. The summed E-state index contributed by atoms with van der Waals surface area (Å²) in [7, 11) is 0. The lowest BCUT2D eigenvalue weighted by atomic mass is 9.95. The number of ether oxygens (including phenoxy) is 2. The normalized spacial score (nSPS) is 21.3. The summed E-state index contributed by atoms with van der Waals surface area (Å²) in [6.45, 7) is 1.28. The van der Waals surface area contributed by atoms with E-state index >= 15 is 0 Å². The van der Waals surface area contributed by atoms with Crippen LogP contribution in [0, 0.1) is 0 Å². The van der Waals surface area contributed by atoms with Crippen molar-refractivity contribution in [2.45, 2.75) is 51.1 Å². The maximum atomic E-state index is 6.02. The predicted octanol–water partition coefficient (Wildman–Crippen LogP) is 4.89. The number of nitrogens with zero attached hydrogens (tertiary/aromatic N) is 1. The molecule has 0 N–H and O–H groups in total. The van der Waals surface area contributed by atoms with E-state index in [4.69, 9.17) is 9.47 Å². The van der Waals surface area contributed by atoms with Crippen molar-refractivity contribution >= 4 is 15.9 Å². The van der Waals surface area contributed by atoms with Gasteiger partial charge in [-0.2, -0.15) is 0 Å². The third-order valence-corrected chi connectivity index (χ3v) is 4.96. The van der Waals surface area contributed by atoms with Gasteiger partial charge >= 0.3 is 0 Å². The Labute approximate surface area is 146 Å². The van der Waals surface area contributed by atoms with Gasteiger partial charge in [0.05, 0.1) is 31.1 Å². The Hall–Kier alpha value is -1.23. The maximum Gasteiger partial charge on any atom is 0.0903 e. The van der Waals surface area contributed by atoms with Gasteiger partial charge in [0.25, 0.3) is 0 Å². The Balaban J connectivity index is 1.38. The molecule has 0 amide bonds. The van der Waals surface area contributed by atoms with Crippen molar-refractivity contribution in [1.82, 2.24) is 4.98 Å². The Morgan fingerprint density at radius 2 is 1.52 bits per heavy atom. The summed E-state index contributed by atoms with van der Waals surface area (Å²) < 4.78 is 13.1. The molecule has 3 rings (SSSR count). The molecule has 3 nitrogen and oxygen atoms in total. The largest absolute Gasteiger partial charge is 0.374 e. The summed E-state index contributed by atoms with van der Waals surface area (Å²) in [5.41, 5.74) is 2.21. The van der Waals surface area contributed by atoms with Crippen LogP contribution in [0.25, 0.3) is 0 Å². The van der Waals surface area contributed by atoms with Crippen LogP contribution >= 0.6 is 15.9 Å². The van der Waals surface area contributed by atoms with Crippen molar-refractivity contribution < 1.29 is 9.47 Å². The van der Waals surface area contributed by atoms with Gasteiger partial charge in [0.1, 0.15) is 0 Å². The molecule has 1 saturated carbocycles. The van der Waals surface area contributed by atoms with Gasteiger partial charge in [-0.1, -0.05) is 30.3 Å². The minimum atomic E-state index is 0.320. The molecular formula is C19H22BrNO2. The molecule has 0 atom stereocenters. The molecule has 0 spiro atoms. The highest BCUT2D eigenvalue weighted by molar-refractivity contribution is 9.10. The van der Waals surface area contributed by atoms with Crippen LogP contribution in [-0.2, 0) is 22.7 Å². The van der Waals surface area contributed by atoms with Gasteiger partial charge in [-0.05, 0) is 59.3 Å². The highest BCUT2D eigenvalue weighted by atomic mass is 79.9. The van der Waals surface area contributed by atoms with E-state index in [1.54, 1.807) is 6.20 Å². The summed E-state index contributed by atoms with van der Waals surface area (Å²) in [6, 6.07) is 14.3. The Bertz CT molecular complexity index is 597. The van der Waals surface area contributed by atoms with Gasteiger partial charge in [-0.3, -0.25) is 4.98 Å². The van der Waals surface area contributed by atoms with E-state index in [1.807, 2.05) is 18.2 Å². The number of hydrogen-bond acceptors (Lipinski definition) is 3. The first-order chi connectivity index (χ1) is 11.3. The second-order valence-electron chi connectivity index (χ2n) is 5.94. The van der Waals surface area contributed by atoms with Gasteiger partial charge in [0, 0.05) is 10.7 Å². The molecule has 122 valence electrons. The fraction of sp³-hybridized carbons (Fsp3) is 0.421. The van der Waals surface area contributed by atoms with Crippen molar-refractivity contribution in [3.05, 3.63) is 64.4 Å². The van der Waals surface area contributed by atoms with Gasteiger partial charge < -0.3 is 9.47 Å². The molecule has 1 aliphatic carbocycles. The predicted molar refractivity (Wildman–Crippen MR) is 94.0 cm³/mol. The molecule has 4 heteroatoms. The summed E-state index contributed by atoms with van der Waals surface area (Å²) in [5, 5.41) is 0. The molecule has 1 fully saturated rings. The second-order valence-corrected chi connectivity index (χ2v) is 6.79. The number of pyridine rings is 1. The monoisotopic (exact) mass is 375 g/mol. The summed E-state index contributed by atoms with van der Waals surface area (Å²) in [4.78, 5) is 4.34. The lowest BCUT2D eigenvalue weighted by molar-refractivity contribution is -0.0427. The molecular weight excluding hydrogens is 354 g/mol. The van der Waals surface area contributed by atoms with Crippen LogP contribution in [-0.4, -0.2) is 17.2 Å². The topological polar surface area (TPSA) is 31.4 Å². The highest BCUT2D eigenvalue weighted by Crippen LogP contribution is 2.25. The Kier molecular flexibility index (Phi) is 6.20. The molecule has 0 aliphatic heterocycles. The third kappa shape index (κ3) is 5.13. The minimum Gasteiger partial charge on any atom is -0.374 e. The van der Waals surface area contributed by atoms with Crippen LogP contribution in [0.3, 0.4) is 0 Å². The first kappa shape index (κ1) is 16.6. The third-order valence-electron chi connectivity index (χ3n) is 4.24. The zero-order chi connectivity index (χ0) is 15.9. The summed E-state index contributed by atoms with van der Waals surface area (Å²) >= 11 is 3.51. The van der Waals surface area contributed by atoms with Crippen LogP contribution in [0.2, 0.25) is 0 Å². The van der Waals surface area contributed by atoms with Crippen LogP contribution in [0.5, 0.6) is 0 Å². The van der Waals surface area contributed by atoms with E-state index in [0.717, 1.165) is 35.8 Å². The van der Waals surface area contributed by atoms with E-state index in [0.29, 0.717) is 25.4 Å². The van der Waals surface area contributed by atoms with E-state index in [9.17, 15) is 0 Å². The minimum absolute atomic E-state index is 0.320. The number of halogens is 1. The SMILES string of the molecule is Brc1cccnc1COC1CCC(OCc2ccccc2)CC1. The molecule has 0 radical (unpaired) electrons. The zero-order valence-corrected chi connectivity index (χ0v) is 14.7. The van der Waals surface area contributed by atoms with Gasteiger partial charge in [-0.25, -0.2) is 0 Å². The number of rotatable bonds is 6. The molecule has 0 saturated heterocycles. The number of aromatic nitrogens is 1. The molecule has 0 unspecified atom stereocenters. The van der Waals surface area contributed by atoms with E-state index in [-0.39, 0.29) is 0 Å². The van der Waals surface area contributed by atoms with Crippen molar-refractivity contribution in [2.24, 2.45) is 0 Å².